The van der Waals surface area contributed by atoms with Crippen molar-refractivity contribution in [1.29, 1.82) is 0 Å². The van der Waals surface area contributed by atoms with Gasteiger partial charge in [-0.2, -0.15) is 0 Å². The van der Waals surface area contributed by atoms with Gasteiger partial charge in [0.1, 0.15) is 0 Å². The molecule has 1 aromatic rings. The number of rotatable bonds is 5. The molecule has 0 bridgehead atoms. The molecule has 0 spiro atoms. The van der Waals surface area contributed by atoms with E-state index in [0.29, 0.717) is 11.3 Å². The summed E-state index contributed by atoms with van der Waals surface area (Å²) in [6, 6.07) is 6.78. The summed E-state index contributed by atoms with van der Waals surface area (Å²) >= 11 is 3.72. The van der Waals surface area contributed by atoms with E-state index in [0.717, 1.165) is 19.6 Å². The molecule has 1 N–H and O–H groups in total. The molecule has 1 fully saturated rings. The molecular formula is C17H27BrN2. The zero-order chi connectivity index (χ0) is 14.8. The van der Waals surface area contributed by atoms with E-state index in [1.54, 1.807) is 0 Å². The Hall–Kier alpha value is -0.540. The van der Waals surface area contributed by atoms with Gasteiger partial charge in [-0.1, -0.05) is 49.7 Å². The molecule has 1 saturated heterocycles. The van der Waals surface area contributed by atoms with Crippen molar-refractivity contribution in [2.24, 2.45) is 11.3 Å². The monoisotopic (exact) mass is 338 g/mol. The fourth-order valence-corrected chi connectivity index (χ4v) is 3.21. The van der Waals surface area contributed by atoms with E-state index in [2.05, 4.69) is 72.0 Å². The summed E-state index contributed by atoms with van der Waals surface area (Å²) in [5, 5.41) is 3.50. The van der Waals surface area contributed by atoms with Crippen LogP contribution in [0.4, 0.5) is 5.69 Å². The Morgan fingerprint density at radius 1 is 1.35 bits per heavy atom. The lowest BCUT2D eigenvalue weighted by molar-refractivity contribution is 0.418. The Balaban J connectivity index is 1.99. The second-order valence-electron chi connectivity index (χ2n) is 7.14. The van der Waals surface area contributed by atoms with Gasteiger partial charge in [-0.3, -0.25) is 0 Å². The molecular weight excluding hydrogens is 312 g/mol. The van der Waals surface area contributed by atoms with E-state index >= 15 is 0 Å². The van der Waals surface area contributed by atoms with E-state index in [9.17, 15) is 0 Å². The quantitative estimate of drug-likeness (QED) is 0.854. The van der Waals surface area contributed by atoms with E-state index in [-0.39, 0.29) is 0 Å². The summed E-state index contributed by atoms with van der Waals surface area (Å²) in [7, 11) is 0. The first-order chi connectivity index (χ1) is 9.37. The molecule has 0 aliphatic carbocycles. The van der Waals surface area contributed by atoms with Crippen LogP contribution in [0, 0.1) is 11.3 Å². The van der Waals surface area contributed by atoms with Crippen molar-refractivity contribution in [2.45, 2.75) is 40.7 Å². The summed E-state index contributed by atoms with van der Waals surface area (Å²) < 4.78 is 1.22. The Kier molecular flexibility index (Phi) is 5.14. The number of benzene rings is 1. The van der Waals surface area contributed by atoms with Gasteiger partial charge >= 0.3 is 0 Å². The minimum Gasteiger partial charge on any atom is -0.371 e. The fourth-order valence-electron chi connectivity index (χ4n) is 2.70. The molecule has 1 aromatic carbocycles. The highest BCUT2D eigenvalue weighted by Crippen LogP contribution is 2.34. The van der Waals surface area contributed by atoms with Gasteiger partial charge in [0.25, 0.3) is 0 Å². The van der Waals surface area contributed by atoms with Crippen LogP contribution in [0.1, 0.15) is 39.7 Å². The first-order valence-corrected chi connectivity index (χ1v) is 8.41. The average molecular weight is 339 g/mol. The fraction of sp³-hybridized carbons (Fsp3) is 0.647. The zero-order valence-electron chi connectivity index (χ0n) is 13.2. The molecule has 0 aromatic heterocycles. The molecule has 0 amide bonds. The van der Waals surface area contributed by atoms with Gasteiger partial charge in [0.2, 0.25) is 0 Å². The highest BCUT2D eigenvalue weighted by molar-refractivity contribution is 9.10. The Bertz CT molecular complexity index is 454. The lowest BCUT2D eigenvalue weighted by Gasteiger charge is -2.22. The van der Waals surface area contributed by atoms with Crippen LogP contribution in [0.15, 0.2) is 22.7 Å². The highest BCUT2D eigenvalue weighted by Gasteiger charge is 2.29. The van der Waals surface area contributed by atoms with Gasteiger partial charge in [-0.05, 0) is 42.0 Å². The van der Waals surface area contributed by atoms with Gasteiger partial charge < -0.3 is 10.2 Å². The van der Waals surface area contributed by atoms with Crippen molar-refractivity contribution in [3.05, 3.63) is 28.2 Å². The predicted octanol–water partition coefficient (Wildman–Crippen LogP) is 4.43. The van der Waals surface area contributed by atoms with Crippen LogP contribution >= 0.6 is 15.9 Å². The van der Waals surface area contributed by atoms with Crippen molar-refractivity contribution in [3.63, 3.8) is 0 Å². The molecule has 2 nitrogen and oxygen atoms in total. The molecule has 0 atom stereocenters. The second-order valence-corrected chi connectivity index (χ2v) is 7.99. The maximum absolute atomic E-state index is 3.72. The molecule has 0 saturated carbocycles. The van der Waals surface area contributed by atoms with E-state index in [4.69, 9.17) is 0 Å². The zero-order valence-corrected chi connectivity index (χ0v) is 14.8. The second kappa shape index (κ2) is 6.48. The maximum Gasteiger partial charge on any atom is 0.0377 e. The number of nitrogens with zero attached hydrogens (tertiary/aromatic N) is 1. The molecule has 112 valence electrons. The SMILES string of the molecule is CC(C)CNCc1ccc(N2CCC(C)(C)C2)cc1Br. The van der Waals surface area contributed by atoms with Crippen molar-refractivity contribution >= 4 is 21.6 Å². The highest BCUT2D eigenvalue weighted by atomic mass is 79.9. The molecule has 3 heteroatoms. The normalized spacial score (nSPS) is 18.0. The summed E-state index contributed by atoms with van der Waals surface area (Å²) in [5.41, 5.74) is 3.13. The van der Waals surface area contributed by atoms with Crippen molar-refractivity contribution in [2.75, 3.05) is 24.5 Å². The van der Waals surface area contributed by atoms with Crippen LogP contribution < -0.4 is 10.2 Å². The first kappa shape index (κ1) is 15.8. The Labute approximate surface area is 132 Å². The number of hydrogen-bond acceptors (Lipinski definition) is 2. The summed E-state index contributed by atoms with van der Waals surface area (Å²) in [6.07, 6.45) is 1.28. The van der Waals surface area contributed by atoms with Gasteiger partial charge in [0, 0.05) is 29.8 Å². The number of anilines is 1. The summed E-state index contributed by atoms with van der Waals surface area (Å²) in [6.45, 7) is 13.5. The Morgan fingerprint density at radius 2 is 2.10 bits per heavy atom. The van der Waals surface area contributed by atoms with Crippen molar-refractivity contribution in [1.82, 2.24) is 5.32 Å². The molecule has 2 rings (SSSR count). The number of nitrogens with one attached hydrogen (secondary N) is 1. The molecule has 1 aliphatic rings. The van der Waals surface area contributed by atoms with Crippen LogP contribution in [0.2, 0.25) is 0 Å². The molecule has 0 unspecified atom stereocenters. The van der Waals surface area contributed by atoms with Crippen molar-refractivity contribution in [3.8, 4) is 0 Å². The van der Waals surface area contributed by atoms with E-state index in [1.165, 1.54) is 28.7 Å². The van der Waals surface area contributed by atoms with Crippen molar-refractivity contribution < 1.29 is 0 Å². The smallest absolute Gasteiger partial charge is 0.0377 e. The summed E-state index contributed by atoms with van der Waals surface area (Å²) in [4.78, 5) is 2.50. The van der Waals surface area contributed by atoms with Crippen LogP contribution in [-0.2, 0) is 6.54 Å². The van der Waals surface area contributed by atoms with Gasteiger partial charge in [-0.15, -0.1) is 0 Å². The van der Waals surface area contributed by atoms with Gasteiger partial charge in [0.15, 0.2) is 0 Å². The largest absolute Gasteiger partial charge is 0.371 e. The standard InChI is InChI=1S/C17H27BrN2/c1-13(2)10-19-11-14-5-6-15(9-16(14)18)20-8-7-17(3,4)12-20/h5-6,9,13,19H,7-8,10-12H2,1-4H3. The van der Waals surface area contributed by atoms with Crippen LogP contribution in [0.25, 0.3) is 0 Å². The van der Waals surface area contributed by atoms with E-state index in [1.807, 2.05) is 0 Å². The van der Waals surface area contributed by atoms with Gasteiger partial charge in [-0.25, -0.2) is 0 Å². The number of hydrogen-bond donors (Lipinski definition) is 1. The van der Waals surface area contributed by atoms with Crippen LogP contribution in [0.5, 0.6) is 0 Å². The van der Waals surface area contributed by atoms with Gasteiger partial charge in [0.05, 0.1) is 0 Å². The van der Waals surface area contributed by atoms with Crippen LogP contribution in [0.3, 0.4) is 0 Å². The first-order valence-electron chi connectivity index (χ1n) is 7.61. The lowest BCUT2D eigenvalue weighted by atomic mass is 9.93. The molecule has 1 aliphatic heterocycles. The Morgan fingerprint density at radius 3 is 2.65 bits per heavy atom. The third kappa shape index (κ3) is 4.23. The topological polar surface area (TPSA) is 15.3 Å². The van der Waals surface area contributed by atoms with Crippen LogP contribution in [-0.4, -0.2) is 19.6 Å². The van der Waals surface area contributed by atoms with E-state index < -0.39 is 0 Å². The minimum atomic E-state index is 0.448. The lowest BCUT2D eigenvalue weighted by Crippen LogP contribution is -2.23. The molecule has 0 radical (unpaired) electrons. The molecule has 20 heavy (non-hydrogen) atoms. The minimum absolute atomic E-state index is 0.448. The predicted molar refractivity (Wildman–Crippen MR) is 91.3 cm³/mol. The summed E-state index contributed by atoms with van der Waals surface area (Å²) in [5.74, 6) is 0.694. The third-order valence-electron chi connectivity index (χ3n) is 3.95. The third-order valence-corrected chi connectivity index (χ3v) is 4.69. The number of halogens is 1. The molecule has 1 heterocycles. The average Bonchev–Trinajstić information content (AvgIpc) is 2.71. The maximum atomic E-state index is 3.72.